The molecule has 2 aliphatic heterocycles. The predicted molar refractivity (Wildman–Crippen MR) is 139 cm³/mol. The van der Waals surface area contributed by atoms with Crippen LogP contribution in [0.15, 0.2) is 76.9 Å². The number of benzene rings is 3. The molecule has 1 N–H and O–H groups in total. The lowest BCUT2D eigenvalue weighted by Crippen LogP contribution is -2.49. The minimum absolute atomic E-state index is 0.112. The minimum Gasteiger partial charge on any atom is -0.388 e. The third kappa shape index (κ3) is 2.77. The van der Waals surface area contributed by atoms with Gasteiger partial charge in [0.05, 0.1) is 23.1 Å². The first kappa shape index (κ1) is 20.3. The quantitative estimate of drug-likeness (QED) is 0.442. The lowest BCUT2D eigenvalue weighted by Gasteiger charge is -2.44. The maximum absolute atomic E-state index is 6.44. The van der Waals surface area contributed by atoms with Crippen molar-refractivity contribution in [3.63, 3.8) is 0 Å². The summed E-state index contributed by atoms with van der Waals surface area (Å²) in [4.78, 5) is 11.6. The van der Waals surface area contributed by atoms with Gasteiger partial charge >= 0.3 is 0 Å². The van der Waals surface area contributed by atoms with Gasteiger partial charge in [-0.15, -0.1) is 0 Å². The van der Waals surface area contributed by atoms with Crippen molar-refractivity contribution >= 4 is 33.6 Å². The van der Waals surface area contributed by atoms with Gasteiger partial charge in [-0.2, -0.15) is 0 Å². The van der Waals surface area contributed by atoms with Crippen molar-refractivity contribution in [2.75, 3.05) is 5.32 Å². The first-order chi connectivity index (χ1) is 16.5. The van der Waals surface area contributed by atoms with Crippen LogP contribution < -0.4 is 5.32 Å². The van der Waals surface area contributed by atoms with E-state index in [9.17, 15) is 0 Å². The summed E-state index contributed by atoms with van der Waals surface area (Å²) in [6.45, 7) is 4.81. The summed E-state index contributed by atoms with van der Waals surface area (Å²) in [5.41, 5.74) is 5.45. The zero-order valence-electron chi connectivity index (χ0n) is 19.9. The molecule has 2 unspecified atom stereocenters. The normalized spacial score (nSPS) is 30.9. The molecule has 3 aromatic carbocycles. The highest BCUT2D eigenvalue weighted by atomic mass is 16.7. The van der Waals surface area contributed by atoms with E-state index < -0.39 is 0 Å². The maximum atomic E-state index is 6.44. The number of para-hydroxylation sites is 2. The molecule has 4 aliphatic rings. The largest absolute Gasteiger partial charge is 0.388 e. The van der Waals surface area contributed by atoms with Crippen LogP contribution in [0.2, 0.25) is 0 Å². The number of oxime groups is 1. The number of hydrogen-bond donors (Lipinski definition) is 1. The third-order valence-electron chi connectivity index (χ3n) is 9.37. The highest BCUT2D eigenvalue weighted by Crippen LogP contribution is 2.65. The Bertz CT molecular complexity index is 1350. The Kier molecular flexibility index (Phi) is 4.28. The molecule has 172 valence electrons. The standard InChI is InChI=1S/C30H31N3O/c1-29(2)20-14-15-21(16-20)30(29)18-28(33-34-30)27-17-26(31-24-12-5-6-13-25(24)32-27)23-11-7-9-19-8-3-4-10-22(19)23/h3-13,20-21,26,31H,14-18H2,1-2H3/t20-,21+,26?,30?/m1/s1. The summed E-state index contributed by atoms with van der Waals surface area (Å²) in [6.07, 6.45) is 5.55. The molecular formula is C30H31N3O. The molecule has 2 fully saturated rings. The van der Waals surface area contributed by atoms with Crippen molar-refractivity contribution < 1.29 is 4.84 Å². The summed E-state index contributed by atoms with van der Waals surface area (Å²) >= 11 is 0. The smallest absolute Gasteiger partial charge is 0.151 e. The Balaban J connectivity index is 1.29. The van der Waals surface area contributed by atoms with Gasteiger partial charge < -0.3 is 10.2 Å². The van der Waals surface area contributed by atoms with Gasteiger partial charge in [-0.25, -0.2) is 4.99 Å². The predicted octanol–water partition coefficient (Wildman–Crippen LogP) is 7.44. The fourth-order valence-corrected chi connectivity index (χ4v) is 7.34. The summed E-state index contributed by atoms with van der Waals surface area (Å²) in [7, 11) is 0. The Labute approximate surface area is 201 Å². The molecule has 2 heterocycles. The fraction of sp³-hybridized carbons (Fsp3) is 0.400. The van der Waals surface area contributed by atoms with E-state index in [0.29, 0.717) is 5.92 Å². The van der Waals surface area contributed by atoms with E-state index in [1.54, 1.807) is 0 Å². The first-order valence-corrected chi connectivity index (χ1v) is 12.7. The SMILES string of the molecule is CC1(C)[C@@H]2CC[C@@H](C2)C12CC(C1=Nc3ccccc3NC(c3cccc4ccccc34)C1)=NO2. The number of nitrogens with zero attached hydrogens (tertiary/aromatic N) is 2. The van der Waals surface area contributed by atoms with Gasteiger partial charge in [0, 0.05) is 24.2 Å². The highest BCUT2D eigenvalue weighted by molar-refractivity contribution is 6.43. The fourth-order valence-electron chi connectivity index (χ4n) is 7.34. The molecule has 1 spiro atoms. The summed E-state index contributed by atoms with van der Waals surface area (Å²) in [5.74, 6) is 1.35. The van der Waals surface area contributed by atoms with Gasteiger partial charge in [0.1, 0.15) is 5.71 Å². The second-order valence-corrected chi connectivity index (χ2v) is 11.2. The number of nitrogens with one attached hydrogen (secondary N) is 1. The number of hydrogen-bond acceptors (Lipinski definition) is 4. The first-order valence-electron chi connectivity index (χ1n) is 12.7. The minimum atomic E-state index is -0.165. The van der Waals surface area contributed by atoms with Gasteiger partial charge in [0.2, 0.25) is 0 Å². The number of fused-ring (bicyclic) bond motifs is 5. The van der Waals surface area contributed by atoms with Crippen LogP contribution in [0.3, 0.4) is 0 Å². The molecule has 0 amide bonds. The lowest BCUT2D eigenvalue weighted by atomic mass is 9.63. The third-order valence-corrected chi connectivity index (χ3v) is 9.37. The van der Waals surface area contributed by atoms with E-state index in [1.165, 1.54) is 35.6 Å². The number of anilines is 1. The van der Waals surface area contributed by atoms with Crippen LogP contribution in [0.1, 0.15) is 57.6 Å². The van der Waals surface area contributed by atoms with Crippen molar-refractivity contribution in [1.29, 1.82) is 0 Å². The Hall–Kier alpha value is -3.14. The topological polar surface area (TPSA) is 46.0 Å². The van der Waals surface area contributed by atoms with Crippen LogP contribution in [0, 0.1) is 17.3 Å². The van der Waals surface area contributed by atoms with Gasteiger partial charge in [-0.05, 0) is 53.6 Å². The van der Waals surface area contributed by atoms with Crippen molar-refractivity contribution in [3.05, 3.63) is 72.3 Å². The Morgan fingerprint density at radius 2 is 1.68 bits per heavy atom. The van der Waals surface area contributed by atoms with E-state index in [4.69, 9.17) is 15.0 Å². The average Bonchev–Trinajstić information content (AvgIpc) is 3.53. The van der Waals surface area contributed by atoms with Crippen LogP contribution in [-0.4, -0.2) is 17.0 Å². The molecule has 2 bridgehead atoms. The van der Waals surface area contributed by atoms with E-state index in [-0.39, 0.29) is 17.1 Å². The van der Waals surface area contributed by atoms with Crippen molar-refractivity contribution in [2.45, 2.75) is 57.6 Å². The van der Waals surface area contributed by atoms with Gasteiger partial charge in [0.15, 0.2) is 5.60 Å². The van der Waals surface area contributed by atoms with Gasteiger partial charge in [-0.1, -0.05) is 73.6 Å². The van der Waals surface area contributed by atoms with Crippen molar-refractivity contribution in [3.8, 4) is 0 Å². The van der Waals surface area contributed by atoms with Crippen LogP contribution in [0.25, 0.3) is 10.8 Å². The summed E-state index contributed by atoms with van der Waals surface area (Å²) in [6, 6.07) is 23.7. The average molecular weight is 450 g/mol. The number of aliphatic imine (C=N–C) groups is 1. The molecule has 0 radical (unpaired) electrons. The zero-order valence-corrected chi connectivity index (χ0v) is 19.9. The van der Waals surface area contributed by atoms with Crippen LogP contribution in [-0.2, 0) is 4.84 Å². The molecule has 4 nitrogen and oxygen atoms in total. The van der Waals surface area contributed by atoms with E-state index >= 15 is 0 Å². The molecule has 2 saturated carbocycles. The van der Waals surface area contributed by atoms with E-state index in [1.807, 2.05) is 0 Å². The molecule has 7 rings (SSSR count). The Morgan fingerprint density at radius 1 is 0.882 bits per heavy atom. The maximum Gasteiger partial charge on any atom is 0.151 e. The molecule has 0 saturated heterocycles. The van der Waals surface area contributed by atoms with Gasteiger partial charge in [0.25, 0.3) is 0 Å². The molecule has 2 aliphatic carbocycles. The van der Waals surface area contributed by atoms with Crippen LogP contribution >= 0.6 is 0 Å². The molecule has 34 heavy (non-hydrogen) atoms. The second-order valence-electron chi connectivity index (χ2n) is 11.2. The Morgan fingerprint density at radius 3 is 2.56 bits per heavy atom. The van der Waals surface area contributed by atoms with Crippen LogP contribution in [0.5, 0.6) is 0 Å². The van der Waals surface area contributed by atoms with E-state index in [2.05, 4.69) is 85.9 Å². The van der Waals surface area contributed by atoms with Gasteiger partial charge in [-0.3, -0.25) is 0 Å². The lowest BCUT2D eigenvalue weighted by molar-refractivity contribution is -0.135. The number of rotatable bonds is 2. The monoisotopic (exact) mass is 449 g/mol. The van der Waals surface area contributed by atoms with Crippen molar-refractivity contribution in [1.82, 2.24) is 0 Å². The molecule has 4 heteroatoms. The van der Waals surface area contributed by atoms with E-state index in [0.717, 1.165) is 41.6 Å². The summed E-state index contributed by atoms with van der Waals surface area (Å²) < 4.78 is 0. The summed E-state index contributed by atoms with van der Waals surface area (Å²) in [5, 5.41) is 11.1. The molecule has 3 aromatic rings. The highest BCUT2D eigenvalue weighted by Gasteiger charge is 2.67. The second kappa shape index (κ2) is 7.18. The van der Waals surface area contributed by atoms with Crippen LogP contribution in [0.4, 0.5) is 11.4 Å². The zero-order chi connectivity index (χ0) is 22.9. The molecule has 4 atom stereocenters. The molecule has 0 aromatic heterocycles. The van der Waals surface area contributed by atoms with Crippen molar-refractivity contribution in [2.24, 2.45) is 27.4 Å². The molecular weight excluding hydrogens is 418 g/mol.